The fourth-order valence-electron chi connectivity index (χ4n) is 1.99. The molecule has 0 aromatic rings. The van der Waals surface area contributed by atoms with Crippen molar-refractivity contribution in [3.8, 4) is 0 Å². The van der Waals surface area contributed by atoms with Crippen molar-refractivity contribution < 1.29 is 0 Å². The van der Waals surface area contributed by atoms with Crippen LogP contribution in [0.2, 0.25) is 0 Å². The van der Waals surface area contributed by atoms with Crippen LogP contribution in [0.1, 0.15) is 26.2 Å². The van der Waals surface area contributed by atoms with Crippen molar-refractivity contribution >= 4 is 0 Å². The van der Waals surface area contributed by atoms with E-state index in [1.165, 1.54) is 31.5 Å². The predicted octanol–water partition coefficient (Wildman–Crippen LogP) is 1.91. The van der Waals surface area contributed by atoms with Gasteiger partial charge in [0.1, 0.15) is 0 Å². The highest BCUT2D eigenvalue weighted by molar-refractivity contribution is 5.07. The normalized spacial score (nSPS) is 38.3. The van der Waals surface area contributed by atoms with Crippen LogP contribution in [0.5, 0.6) is 0 Å². The zero-order valence-corrected chi connectivity index (χ0v) is 6.56. The second kappa shape index (κ2) is 2.30. The summed E-state index contributed by atoms with van der Waals surface area (Å²) in [4.78, 5) is 0. The van der Waals surface area contributed by atoms with E-state index in [0.717, 1.165) is 11.8 Å². The van der Waals surface area contributed by atoms with Gasteiger partial charge >= 0.3 is 0 Å². The predicted molar refractivity (Wildman–Crippen MR) is 42.6 cm³/mol. The second-order valence-electron chi connectivity index (χ2n) is 3.62. The van der Waals surface area contributed by atoms with E-state index < -0.39 is 0 Å². The molecule has 1 aliphatic carbocycles. The van der Waals surface area contributed by atoms with E-state index in [1.807, 2.05) is 0 Å². The van der Waals surface area contributed by atoms with Gasteiger partial charge in [0.2, 0.25) is 0 Å². The third-order valence-corrected chi connectivity index (χ3v) is 2.91. The van der Waals surface area contributed by atoms with Crippen LogP contribution in [0.25, 0.3) is 0 Å². The standard InChI is InChI=1S/C9H15N/c1-7-6-10-9-4-2-8(7)3-5-9/h4,7-8,10H,2-3,5-6H2,1H3/t7-,8?/m0/s1. The Hall–Kier alpha value is -0.460. The molecule has 0 amide bonds. The molecule has 0 spiro atoms. The summed E-state index contributed by atoms with van der Waals surface area (Å²) in [5.41, 5.74) is 1.50. The Kier molecular flexibility index (Phi) is 1.44. The monoisotopic (exact) mass is 137 g/mol. The highest BCUT2D eigenvalue weighted by Crippen LogP contribution is 2.31. The molecule has 2 heterocycles. The molecule has 1 nitrogen and oxygen atoms in total. The van der Waals surface area contributed by atoms with Crippen LogP contribution in [0, 0.1) is 11.8 Å². The molecule has 0 aromatic heterocycles. The fraction of sp³-hybridized carbons (Fsp3) is 0.778. The van der Waals surface area contributed by atoms with Gasteiger partial charge in [-0.25, -0.2) is 0 Å². The van der Waals surface area contributed by atoms with E-state index >= 15 is 0 Å². The Morgan fingerprint density at radius 3 is 3.20 bits per heavy atom. The van der Waals surface area contributed by atoms with Crippen molar-refractivity contribution in [2.45, 2.75) is 26.2 Å². The zero-order valence-electron chi connectivity index (χ0n) is 6.56. The molecule has 1 saturated heterocycles. The summed E-state index contributed by atoms with van der Waals surface area (Å²) in [7, 11) is 0. The molecule has 0 aromatic carbocycles. The van der Waals surface area contributed by atoms with E-state index in [0.29, 0.717) is 0 Å². The Morgan fingerprint density at radius 1 is 1.60 bits per heavy atom. The molecule has 56 valence electrons. The summed E-state index contributed by atoms with van der Waals surface area (Å²) in [6, 6.07) is 0. The van der Waals surface area contributed by atoms with Gasteiger partial charge < -0.3 is 5.32 Å². The highest BCUT2D eigenvalue weighted by Gasteiger charge is 2.23. The van der Waals surface area contributed by atoms with Crippen molar-refractivity contribution in [2.75, 3.05) is 6.54 Å². The van der Waals surface area contributed by atoms with E-state index in [1.54, 1.807) is 0 Å². The van der Waals surface area contributed by atoms with Gasteiger partial charge in [0.25, 0.3) is 0 Å². The van der Waals surface area contributed by atoms with Crippen molar-refractivity contribution in [3.63, 3.8) is 0 Å². The summed E-state index contributed by atoms with van der Waals surface area (Å²) in [5.74, 6) is 1.86. The average Bonchev–Trinajstić information content (AvgIpc) is 2.24. The van der Waals surface area contributed by atoms with Crippen LogP contribution in [-0.2, 0) is 0 Å². The number of fused-ring (bicyclic) bond motifs is 4. The minimum atomic E-state index is 0.885. The largest absolute Gasteiger partial charge is 0.388 e. The first kappa shape index (κ1) is 6.26. The molecular formula is C9H15N. The number of hydrogen-bond donors (Lipinski definition) is 1. The lowest BCUT2D eigenvalue weighted by Crippen LogP contribution is -2.18. The molecule has 0 saturated carbocycles. The Balaban J connectivity index is 2.17. The second-order valence-corrected chi connectivity index (χ2v) is 3.62. The first-order valence-electron chi connectivity index (χ1n) is 4.29. The molecule has 1 N–H and O–H groups in total. The van der Waals surface area contributed by atoms with Gasteiger partial charge in [-0.05, 0) is 31.1 Å². The van der Waals surface area contributed by atoms with E-state index in [4.69, 9.17) is 0 Å². The van der Waals surface area contributed by atoms with Gasteiger partial charge in [-0.2, -0.15) is 0 Å². The van der Waals surface area contributed by atoms with Crippen LogP contribution in [0.4, 0.5) is 0 Å². The van der Waals surface area contributed by atoms with E-state index in [-0.39, 0.29) is 0 Å². The number of hydrogen-bond acceptors (Lipinski definition) is 1. The highest BCUT2D eigenvalue weighted by atomic mass is 14.9. The SMILES string of the molecule is C[C@H]1CNC2=CCC1CC2. The first-order valence-corrected chi connectivity index (χ1v) is 4.29. The van der Waals surface area contributed by atoms with Gasteiger partial charge in [0.05, 0.1) is 0 Å². The van der Waals surface area contributed by atoms with E-state index in [2.05, 4.69) is 18.3 Å². The summed E-state index contributed by atoms with van der Waals surface area (Å²) in [6.07, 6.45) is 6.43. The zero-order chi connectivity index (χ0) is 6.97. The minimum Gasteiger partial charge on any atom is -0.388 e. The van der Waals surface area contributed by atoms with Crippen LogP contribution in [-0.4, -0.2) is 6.54 Å². The van der Waals surface area contributed by atoms with Gasteiger partial charge in [-0.1, -0.05) is 13.0 Å². The molecule has 2 bridgehead atoms. The molecule has 1 heteroatoms. The van der Waals surface area contributed by atoms with Crippen molar-refractivity contribution in [1.82, 2.24) is 5.32 Å². The molecular weight excluding hydrogens is 122 g/mol. The van der Waals surface area contributed by atoms with Crippen LogP contribution in [0.3, 0.4) is 0 Å². The lowest BCUT2D eigenvalue weighted by atomic mass is 9.85. The average molecular weight is 137 g/mol. The van der Waals surface area contributed by atoms with Crippen molar-refractivity contribution in [3.05, 3.63) is 11.8 Å². The molecule has 2 aliphatic heterocycles. The first-order chi connectivity index (χ1) is 4.86. The summed E-state index contributed by atoms with van der Waals surface area (Å²) >= 11 is 0. The number of rotatable bonds is 0. The molecule has 3 rings (SSSR count). The Morgan fingerprint density at radius 2 is 2.50 bits per heavy atom. The maximum absolute atomic E-state index is 3.48. The Bertz CT molecular complexity index is 160. The lowest BCUT2D eigenvalue weighted by Gasteiger charge is -2.19. The number of nitrogens with one attached hydrogen (secondary N) is 1. The van der Waals surface area contributed by atoms with E-state index in [9.17, 15) is 0 Å². The lowest BCUT2D eigenvalue weighted by molar-refractivity contribution is 0.354. The molecule has 1 fully saturated rings. The molecule has 10 heavy (non-hydrogen) atoms. The summed E-state index contributed by atoms with van der Waals surface area (Å²) in [6.45, 7) is 3.57. The molecule has 2 atom stereocenters. The maximum atomic E-state index is 3.48. The van der Waals surface area contributed by atoms with Crippen molar-refractivity contribution in [1.29, 1.82) is 0 Å². The van der Waals surface area contributed by atoms with Gasteiger partial charge in [-0.3, -0.25) is 0 Å². The van der Waals surface area contributed by atoms with Gasteiger partial charge in [0, 0.05) is 12.2 Å². The minimum absolute atomic E-state index is 0.885. The third-order valence-electron chi connectivity index (χ3n) is 2.91. The summed E-state index contributed by atoms with van der Waals surface area (Å²) < 4.78 is 0. The topological polar surface area (TPSA) is 12.0 Å². The van der Waals surface area contributed by atoms with Gasteiger partial charge in [-0.15, -0.1) is 0 Å². The van der Waals surface area contributed by atoms with Crippen molar-refractivity contribution in [2.24, 2.45) is 11.8 Å². The quantitative estimate of drug-likeness (QED) is 0.537. The molecule has 1 unspecified atom stereocenters. The number of allylic oxidation sites excluding steroid dienone is 2. The smallest absolute Gasteiger partial charge is 0.0172 e. The van der Waals surface area contributed by atoms with Crippen LogP contribution >= 0.6 is 0 Å². The van der Waals surface area contributed by atoms with Crippen LogP contribution in [0.15, 0.2) is 11.8 Å². The van der Waals surface area contributed by atoms with Gasteiger partial charge in [0.15, 0.2) is 0 Å². The fourth-order valence-corrected chi connectivity index (χ4v) is 1.99. The molecule has 3 aliphatic rings. The third kappa shape index (κ3) is 0.938. The Labute approximate surface area is 62.5 Å². The summed E-state index contributed by atoms with van der Waals surface area (Å²) in [5, 5.41) is 3.48. The molecule has 0 radical (unpaired) electrons. The van der Waals surface area contributed by atoms with Crippen LogP contribution < -0.4 is 5.32 Å². The maximum Gasteiger partial charge on any atom is 0.0172 e.